The molecular weight excluding hydrogens is 577 g/mol. The number of aryl methyl sites for hydroxylation is 2. The molecule has 0 N–H and O–H groups in total. The third-order valence-corrected chi connectivity index (χ3v) is 19.4. The minimum atomic E-state index is -1.57. The van der Waals surface area contributed by atoms with Crippen molar-refractivity contribution < 1.29 is 18.4 Å². The van der Waals surface area contributed by atoms with Gasteiger partial charge >= 0.3 is 5.97 Å². The third kappa shape index (κ3) is 12.8. The largest absolute Gasteiger partial charge is 0.496 e. The molecule has 0 aliphatic carbocycles. The van der Waals surface area contributed by atoms with E-state index in [1.165, 1.54) is 106 Å². The van der Waals surface area contributed by atoms with Crippen molar-refractivity contribution in [3.8, 4) is 11.5 Å². The molecule has 4 nitrogen and oxygen atoms in total. The second-order valence-corrected chi connectivity index (χ2v) is 22.6. The maximum absolute atomic E-state index is 11.5. The Morgan fingerprint density at radius 2 is 1.18 bits per heavy atom. The molecule has 6 heteroatoms. The van der Waals surface area contributed by atoms with Gasteiger partial charge in [0.15, 0.2) is 16.6 Å². The summed E-state index contributed by atoms with van der Waals surface area (Å²) >= 11 is 0. The zero-order chi connectivity index (χ0) is 32.6. The van der Waals surface area contributed by atoms with Gasteiger partial charge in [-0.15, -0.1) is 0 Å². The molecule has 2 rings (SSSR count). The van der Waals surface area contributed by atoms with Crippen LogP contribution in [-0.4, -0.2) is 29.7 Å². The van der Waals surface area contributed by atoms with Crippen LogP contribution in [0.2, 0.25) is 37.3 Å². The molecule has 0 saturated heterocycles. The molecule has 0 bridgehead atoms. The Balaban J connectivity index is 1.83. The van der Waals surface area contributed by atoms with Gasteiger partial charge < -0.3 is 13.6 Å². The summed E-state index contributed by atoms with van der Waals surface area (Å²) in [5.74, 6) is 1.60. The van der Waals surface area contributed by atoms with Crippen molar-refractivity contribution in [3.05, 3.63) is 58.7 Å². The Morgan fingerprint density at radius 1 is 0.705 bits per heavy atom. The predicted octanol–water partition coefficient (Wildman–Crippen LogP) is 11.9. The summed E-state index contributed by atoms with van der Waals surface area (Å²) in [6, 6.07) is 18.0. The van der Waals surface area contributed by atoms with Gasteiger partial charge in [0, 0.05) is 12.8 Å². The summed E-state index contributed by atoms with van der Waals surface area (Å²) in [7, 11) is -1.37. The van der Waals surface area contributed by atoms with Gasteiger partial charge in [-0.3, -0.25) is 4.79 Å². The van der Waals surface area contributed by atoms with E-state index in [-0.39, 0.29) is 5.97 Å². The van der Waals surface area contributed by atoms with Gasteiger partial charge in [-0.2, -0.15) is 0 Å². The third-order valence-electron chi connectivity index (χ3n) is 9.67. The van der Waals surface area contributed by atoms with Crippen molar-refractivity contribution in [2.75, 3.05) is 7.11 Å². The van der Waals surface area contributed by atoms with Crippen LogP contribution < -0.4 is 9.47 Å². The lowest BCUT2D eigenvalue weighted by molar-refractivity contribution is -0.131. The quantitative estimate of drug-likeness (QED) is 0.0556. The molecule has 2 aromatic carbocycles. The fourth-order valence-corrected chi connectivity index (χ4v) is 16.0. The highest BCUT2D eigenvalue weighted by Crippen LogP contribution is 2.35. The van der Waals surface area contributed by atoms with Crippen molar-refractivity contribution in [2.24, 2.45) is 0 Å². The summed E-state index contributed by atoms with van der Waals surface area (Å²) in [5, 5.41) is 0. The van der Waals surface area contributed by atoms with Crippen molar-refractivity contribution in [1.29, 1.82) is 0 Å². The first-order valence-corrected chi connectivity index (χ1v) is 23.3. The summed E-state index contributed by atoms with van der Waals surface area (Å²) < 4.78 is 18.0. The Hall–Kier alpha value is -1.90. The fraction of sp³-hybridized carbons (Fsp3) is 0.658. The van der Waals surface area contributed by atoms with Crippen molar-refractivity contribution in [1.82, 2.24) is 0 Å². The molecule has 0 spiro atoms. The number of methoxy groups -OCH3 is 1. The maximum Gasteiger partial charge on any atom is 0.308 e. The standard InChI is InChI=1S/C38H64O4Si2/c1-10-13-27-43(8,11-2)42-44(9,12-3)28-21-19-17-15-14-16-18-20-22-36(34-23-25-37(40-7)31(4)29-34)35-24-26-38(32(5)30-35)41-33(6)39/h23-26,29-30,36H,10-22,27-28H2,1-9H3. The molecule has 248 valence electrons. The lowest BCUT2D eigenvalue weighted by atomic mass is 9.85. The first-order chi connectivity index (χ1) is 21.0. The molecular formula is C38H64O4Si2. The van der Waals surface area contributed by atoms with Gasteiger partial charge in [0.25, 0.3) is 0 Å². The van der Waals surface area contributed by atoms with E-state index in [9.17, 15) is 4.79 Å². The predicted molar refractivity (Wildman–Crippen MR) is 193 cm³/mol. The number of benzene rings is 2. The minimum Gasteiger partial charge on any atom is -0.496 e. The Bertz CT molecular complexity index is 1140. The molecule has 0 amide bonds. The van der Waals surface area contributed by atoms with Gasteiger partial charge in [0.05, 0.1) is 7.11 Å². The molecule has 2 aromatic rings. The number of ether oxygens (including phenoxy) is 2. The van der Waals surface area contributed by atoms with Crippen LogP contribution in [0.1, 0.15) is 126 Å². The SMILES string of the molecule is CCCC[Si](C)(CC)O[Si](C)(CC)CCCCCCCCCCC(c1ccc(OC)c(C)c1)c1ccc(OC(C)=O)c(C)c1. The van der Waals surface area contributed by atoms with Gasteiger partial charge in [-0.1, -0.05) is 109 Å². The molecule has 44 heavy (non-hydrogen) atoms. The van der Waals surface area contributed by atoms with Crippen molar-refractivity contribution in [3.63, 3.8) is 0 Å². The number of rotatable bonds is 22. The molecule has 0 aromatic heterocycles. The summed E-state index contributed by atoms with van der Waals surface area (Å²) in [6.07, 6.45) is 14.2. The van der Waals surface area contributed by atoms with Crippen LogP contribution in [0.25, 0.3) is 0 Å². The zero-order valence-electron chi connectivity index (χ0n) is 29.8. The lowest BCUT2D eigenvalue weighted by Crippen LogP contribution is -2.47. The van der Waals surface area contributed by atoms with Gasteiger partial charge in [-0.05, 0) is 91.9 Å². The van der Waals surface area contributed by atoms with Crippen LogP contribution >= 0.6 is 0 Å². The summed E-state index contributed by atoms with van der Waals surface area (Å²) in [4.78, 5) is 11.5. The molecule has 0 aliphatic rings. The average Bonchev–Trinajstić information content (AvgIpc) is 2.99. The van der Waals surface area contributed by atoms with Crippen LogP contribution in [-0.2, 0) is 8.91 Å². The second kappa shape index (κ2) is 19.6. The summed E-state index contributed by atoms with van der Waals surface area (Å²) in [5.41, 5.74) is 4.76. The number of unbranched alkanes of at least 4 members (excludes halogenated alkanes) is 8. The van der Waals surface area contributed by atoms with E-state index in [1.807, 2.05) is 13.0 Å². The van der Waals surface area contributed by atoms with E-state index in [0.717, 1.165) is 23.3 Å². The molecule has 0 radical (unpaired) electrons. The maximum atomic E-state index is 11.5. The Labute approximate surface area is 272 Å². The second-order valence-electron chi connectivity index (χ2n) is 13.6. The van der Waals surface area contributed by atoms with E-state index in [2.05, 4.69) is 71.1 Å². The molecule has 0 saturated carbocycles. The van der Waals surface area contributed by atoms with Crippen LogP contribution in [0.4, 0.5) is 0 Å². The van der Waals surface area contributed by atoms with Crippen LogP contribution in [0.15, 0.2) is 36.4 Å². The number of esters is 1. The molecule has 3 unspecified atom stereocenters. The Kier molecular flexibility index (Phi) is 17.0. The molecule has 0 aliphatic heterocycles. The molecule has 0 fully saturated rings. The Morgan fingerprint density at radius 3 is 1.64 bits per heavy atom. The number of carbonyl (C=O) groups excluding carboxylic acids is 1. The highest BCUT2D eigenvalue weighted by Gasteiger charge is 2.36. The number of hydrogen-bond acceptors (Lipinski definition) is 4. The van der Waals surface area contributed by atoms with E-state index in [4.69, 9.17) is 13.6 Å². The van der Waals surface area contributed by atoms with Crippen molar-refractivity contribution >= 4 is 22.6 Å². The lowest BCUT2D eigenvalue weighted by Gasteiger charge is -2.38. The van der Waals surface area contributed by atoms with Crippen molar-refractivity contribution in [2.45, 2.75) is 155 Å². The zero-order valence-corrected chi connectivity index (χ0v) is 31.8. The van der Waals surface area contributed by atoms with E-state index < -0.39 is 16.6 Å². The van der Waals surface area contributed by atoms with E-state index in [1.54, 1.807) is 7.11 Å². The normalized spacial score (nSPS) is 14.9. The minimum absolute atomic E-state index is 0.280. The molecule has 0 heterocycles. The first kappa shape index (κ1) is 38.3. The van der Waals surface area contributed by atoms with E-state index >= 15 is 0 Å². The van der Waals surface area contributed by atoms with E-state index in [0.29, 0.717) is 11.7 Å². The first-order valence-electron chi connectivity index (χ1n) is 17.6. The summed E-state index contributed by atoms with van der Waals surface area (Å²) in [6.45, 7) is 17.6. The van der Waals surface area contributed by atoms with Crippen LogP contribution in [0.3, 0.4) is 0 Å². The van der Waals surface area contributed by atoms with Gasteiger partial charge in [0.1, 0.15) is 11.5 Å². The molecule has 3 atom stereocenters. The smallest absolute Gasteiger partial charge is 0.308 e. The highest BCUT2D eigenvalue weighted by atomic mass is 28.4. The van der Waals surface area contributed by atoms with Crippen LogP contribution in [0, 0.1) is 13.8 Å². The highest BCUT2D eigenvalue weighted by molar-refractivity contribution is 6.86. The van der Waals surface area contributed by atoms with Crippen LogP contribution in [0.5, 0.6) is 11.5 Å². The number of hydrogen-bond donors (Lipinski definition) is 0. The monoisotopic (exact) mass is 640 g/mol. The topological polar surface area (TPSA) is 44.8 Å². The number of carbonyl (C=O) groups is 1. The van der Waals surface area contributed by atoms with Gasteiger partial charge in [-0.25, -0.2) is 0 Å². The fourth-order valence-electron chi connectivity index (χ4n) is 6.46. The van der Waals surface area contributed by atoms with Gasteiger partial charge in [0.2, 0.25) is 0 Å². The average molecular weight is 641 g/mol.